The van der Waals surface area contributed by atoms with E-state index in [9.17, 15) is 4.79 Å². The van der Waals surface area contributed by atoms with Gasteiger partial charge in [0.2, 0.25) is 5.91 Å². The number of hydrogen-bond donors (Lipinski definition) is 2. The second-order valence-corrected chi connectivity index (χ2v) is 6.63. The zero-order valence-electron chi connectivity index (χ0n) is 13.6. The number of carbonyl (C=O) groups is 1. The van der Waals surface area contributed by atoms with Crippen LogP contribution in [0.2, 0.25) is 0 Å². The molecule has 0 spiro atoms. The topological polar surface area (TPSA) is 82.8 Å². The van der Waals surface area contributed by atoms with E-state index in [-0.39, 0.29) is 18.1 Å². The smallest absolute Gasteiger partial charge is 0.224 e. The van der Waals surface area contributed by atoms with Crippen molar-refractivity contribution in [3.05, 3.63) is 35.9 Å². The van der Waals surface area contributed by atoms with Crippen molar-refractivity contribution < 1.29 is 19.0 Å². The van der Waals surface area contributed by atoms with Gasteiger partial charge in [0, 0.05) is 6.54 Å². The lowest BCUT2D eigenvalue weighted by atomic mass is 9.96. The highest BCUT2D eigenvalue weighted by molar-refractivity contribution is 5.78. The van der Waals surface area contributed by atoms with Crippen molar-refractivity contribution in [2.45, 2.75) is 43.9 Å². The van der Waals surface area contributed by atoms with Gasteiger partial charge in [0.25, 0.3) is 0 Å². The number of nitrogens with two attached hydrogens (primary N) is 1. The Bertz CT molecular complexity index is 563. The largest absolute Gasteiger partial charge is 0.371 e. The van der Waals surface area contributed by atoms with Gasteiger partial charge in [-0.05, 0) is 19.4 Å². The fraction of sp³-hybridized carbons (Fsp3) is 0.588. The van der Waals surface area contributed by atoms with Gasteiger partial charge in [-0.15, -0.1) is 0 Å². The number of benzene rings is 1. The molecule has 2 aliphatic heterocycles. The molecule has 1 amide bonds. The second-order valence-electron chi connectivity index (χ2n) is 6.63. The highest BCUT2D eigenvalue weighted by Crippen LogP contribution is 2.42. The van der Waals surface area contributed by atoms with Crippen molar-refractivity contribution in [2.75, 3.05) is 19.7 Å². The summed E-state index contributed by atoms with van der Waals surface area (Å²) < 4.78 is 17.7. The van der Waals surface area contributed by atoms with Gasteiger partial charge in [-0.2, -0.15) is 0 Å². The maximum absolute atomic E-state index is 12.2. The minimum atomic E-state index is -0.702. The Balaban J connectivity index is 1.63. The van der Waals surface area contributed by atoms with E-state index in [1.54, 1.807) is 0 Å². The Morgan fingerprint density at radius 1 is 1.35 bits per heavy atom. The zero-order valence-corrected chi connectivity index (χ0v) is 13.6. The Morgan fingerprint density at radius 2 is 2.09 bits per heavy atom. The summed E-state index contributed by atoms with van der Waals surface area (Å²) in [6.07, 6.45) is -0.130. The Kier molecular flexibility index (Phi) is 4.42. The fourth-order valence-corrected chi connectivity index (χ4v) is 3.32. The summed E-state index contributed by atoms with van der Waals surface area (Å²) in [7, 11) is 0. The molecule has 0 radical (unpaired) electrons. The summed E-state index contributed by atoms with van der Waals surface area (Å²) in [5.74, 6) is -0.750. The van der Waals surface area contributed by atoms with Gasteiger partial charge in [0.1, 0.15) is 11.7 Å². The summed E-state index contributed by atoms with van der Waals surface area (Å²) in [6.45, 7) is 4.82. The predicted molar refractivity (Wildman–Crippen MR) is 84.7 cm³/mol. The minimum absolute atomic E-state index is 0.0474. The molecule has 6 heteroatoms. The highest BCUT2D eigenvalue weighted by Gasteiger charge is 2.60. The van der Waals surface area contributed by atoms with Gasteiger partial charge < -0.3 is 25.3 Å². The van der Waals surface area contributed by atoms with Crippen molar-refractivity contribution in [3.63, 3.8) is 0 Å². The summed E-state index contributed by atoms with van der Waals surface area (Å²) in [5.41, 5.74) is 6.06. The normalized spacial score (nSPS) is 31.8. The molecule has 6 nitrogen and oxygen atoms in total. The standard InChI is InChI=1S/C17H24N2O4/c1-16(2)22-15-13(9-18)21-11-17(15,23-16)10-19-14(20)8-12-6-4-3-5-7-12/h3-7,13,15H,8-11,18H2,1-2H3,(H,19,20)/t13-,15-,17+/m1/s1. The number of fused-ring (bicyclic) bond motifs is 1. The molecule has 0 aliphatic carbocycles. The Hall–Kier alpha value is -1.47. The molecule has 2 aliphatic rings. The molecule has 3 rings (SSSR count). The van der Waals surface area contributed by atoms with E-state index in [0.717, 1.165) is 5.56 Å². The molecule has 2 saturated heterocycles. The van der Waals surface area contributed by atoms with Crippen LogP contribution < -0.4 is 11.1 Å². The van der Waals surface area contributed by atoms with Crippen LogP contribution in [-0.4, -0.2) is 49.2 Å². The summed E-state index contributed by atoms with van der Waals surface area (Å²) in [5, 5.41) is 2.95. The minimum Gasteiger partial charge on any atom is -0.371 e. The third kappa shape index (κ3) is 3.40. The first-order chi connectivity index (χ1) is 10.9. The average Bonchev–Trinajstić information content (AvgIpc) is 2.96. The third-order valence-electron chi connectivity index (χ3n) is 4.28. The van der Waals surface area contributed by atoms with Crippen LogP contribution in [0.15, 0.2) is 30.3 Å². The van der Waals surface area contributed by atoms with E-state index in [4.69, 9.17) is 19.9 Å². The lowest BCUT2D eigenvalue weighted by Crippen LogP contribution is -2.51. The van der Waals surface area contributed by atoms with Crippen LogP contribution in [0.25, 0.3) is 0 Å². The molecule has 3 atom stereocenters. The molecule has 2 fully saturated rings. The predicted octanol–water partition coefficient (Wildman–Crippen LogP) is 0.593. The number of amides is 1. The van der Waals surface area contributed by atoms with Gasteiger partial charge in [-0.1, -0.05) is 30.3 Å². The van der Waals surface area contributed by atoms with E-state index < -0.39 is 11.4 Å². The monoisotopic (exact) mass is 320 g/mol. The molecule has 23 heavy (non-hydrogen) atoms. The lowest BCUT2D eigenvalue weighted by molar-refractivity contribution is -0.188. The molecule has 1 aromatic rings. The quantitative estimate of drug-likeness (QED) is 0.830. The number of nitrogens with one attached hydrogen (secondary N) is 1. The molecule has 0 aromatic heterocycles. The van der Waals surface area contributed by atoms with E-state index in [1.807, 2.05) is 44.2 Å². The Morgan fingerprint density at radius 3 is 2.78 bits per heavy atom. The first-order valence-corrected chi connectivity index (χ1v) is 7.94. The zero-order chi connectivity index (χ0) is 16.5. The van der Waals surface area contributed by atoms with Crippen LogP contribution >= 0.6 is 0 Å². The van der Waals surface area contributed by atoms with Crippen LogP contribution in [0, 0.1) is 0 Å². The average molecular weight is 320 g/mol. The van der Waals surface area contributed by atoms with E-state index in [1.165, 1.54) is 0 Å². The molecular formula is C17H24N2O4. The maximum Gasteiger partial charge on any atom is 0.224 e. The first kappa shape index (κ1) is 16.4. The van der Waals surface area contributed by atoms with Crippen LogP contribution in [-0.2, 0) is 25.4 Å². The van der Waals surface area contributed by atoms with Gasteiger partial charge in [-0.25, -0.2) is 0 Å². The van der Waals surface area contributed by atoms with Gasteiger partial charge in [0.15, 0.2) is 5.79 Å². The number of ether oxygens (including phenoxy) is 3. The molecule has 3 N–H and O–H groups in total. The molecular weight excluding hydrogens is 296 g/mol. The third-order valence-corrected chi connectivity index (χ3v) is 4.28. The first-order valence-electron chi connectivity index (χ1n) is 7.94. The molecule has 1 aromatic carbocycles. The van der Waals surface area contributed by atoms with E-state index in [2.05, 4.69) is 5.32 Å². The van der Waals surface area contributed by atoms with Crippen LogP contribution in [0.4, 0.5) is 0 Å². The van der Waals surface area contributed by atoms with Crippen molar-refractivity contribution in [1.29, 1.82) is 0 Å². The number of rotatable bonds is 5. The lowest BCUT2D eigenvalue weighted by Gasteiger charge is -2.27. The molecule has 0 saturated carbocycles. The van der Waals surface area contributed by atoms with E-state index in [0.29, 0.717) is 26.1 Å². The Labute approximate surface area is 136 Å². The maximum atomic E-state index is 12.2. The summed E-state index contributed by atoms with van der Waals surface area (Å²) in [6, 6.07) is 9.64. The molecule has 0 bridgehead atoms. The molecule has 2 heterocycles. The summed E-state index contributed by atoms with van der Waals surface area (Å²) >= 11 is 0. The SMILES string of the molecule is CC1(C)O[C@@H]2[C@@H](CN)OC[C@]2(CNC(=O)Cc2ccccc2)O1. The molecule has 126 valence electrons. The van der Waals surface area contributed by atoms with Crippen LogP contribution in [0.3, 0.4) is 0 Å². The van der Waals surface area contributed by atoms with Gasteiger partial charge in [0.05, 0.1) is 25.7 Å². The van der Waals surface area contributed by atoms with Crippen molar-refractivity contribution in [1.82, 2.24) is 5.32 Å². The number of carbonyl (C=O) groups excluding carboxylic acids is 1. The summed E-state index contributed by atoms with van der Waals surface area (Å²) in [4.78, 5) is 12.2. The van der Waals surface area contributed by atoms with Gasteiger partial charge >= 0.3 is 0 Å². The molecule has 0 unspecified atom stereocenters. The van der Waals surface area contributed by atoms with Crippen LogP contribution in [0.1, 0.15) is 19.4 Å². The fourth-order valence-electron chi connectivity index (χ4n) is 3.32. The van der Waals surface area contributed by atoms with E-state index >= 15 is 0 Å². The second kappa shape index (κ2) is 6.20. The van der Waals surface area contributed by atoms with Crippen molar-refractivity contribution >= 4 is 5.91 Å². The van der Waals surface area contributed by atoms with Crippen LogP contribution in [0.5, 0.6) is 0 Å². The van der Waals surface area contributed by atoms with Crippen molar-refractivity contribution in [2.24, 2.45) is 5.73 Å². The van der Waals surface area contributed by atoms with Gasteiger partial charge in [-0.3, -0.25) is 4.79 Å². The van der Waals surface area contributed by atoms with Crippen molar-refractivity contribution in [3.8, 4) is 0 Å². The number of hydrogen-bond acceptors (Lipinski definition) is 5. The highest BCUT2D eigenvalue weighted by atomic mass is 16.8.